The molecule has 0 bridgehead atoms. The predicted octanol–water partition coefficient (Wildman–Crippen LogP) is 5.57. The lowest BCUT2D eigenvalue weighted by atomic mass is 10.1. The second-order valence-corrected chi connectivity index (χ2v) is 6.48. The summed E-state index contributed by atoms with van der Waals surface area (Å²) in [6, 6.07) is 0. The Labute approximate surface area is 140 Å². The lowest BCUT2D eigenvalue weighted by molar-refractivity contribution is 0.569. The molecular formula is C20H42N2. The van der Waals surface area contributed by atoms with Crippen LogP contribution in [0.2, 0.25) is 0 Å². The molecule has 0 saturated heterocycles. The maximum Gasteiger partial charge on any atom is 0.00745 e. The van der Waals surface area contributed by atoms with Crippen molar-refractivity contribution in [1.82, 2.24) is 5.32 Å². The van der Waals surface area contributed by atoms with Gasteiger partial charge >= 0.3 is 0 Å². The standard InChI is InChI=1S/C20H42N2/c1-2-3-4-5-6-7-8-9-10-11-12-13-14-15-16-17-19-22-20-18-21/h9-10,22H,2-8,11-21H2,1H3/b10-9-. The van der Waals surface area contributed by atoms with Gasteiger partial charge in [-0.25, -0.2) is 0 Å². The van der Waals surface area contributed by atoms with Crippen LogP contribution in [-0.4, -0.2) is 19.6 Å². The second kappa shape index (κ2) is 20.7. The van der Waals surface area contributed by atoms with Crippen molar-refractivity contribution in [3.05, 3.63) is 12.2 Å². The summed E-state index contributed by atoms with van der Waals surface area (Å²) in [5.41, 5.74) is 5.43. The summed E-state index contributed by atoms with van der Waals surface area (Å²) in [6.45, 7) is 5.14. The third kappa shape index (κ3) is 19.7. The Morgan fingerprint density at radius 2 is 1.14 bits per heavy atom. The van der Waals surface area contributed by atoms with Crippen molar-refractivity contribution >= 4 is 0 Å². The molecule has 0 aromatic carbocycles. The largest absolute Gasteiger partial charge is 0.329 e. The molecule has 0 aliphatic carbocycles. The zero-order chi connectivity index (χ0) is 16.1. The fourth-order valence-electron chi connectivity index (χ4n) is 2.72. The Morgan fingerprint density at radius 1 is 0.636 bits per heavy atom. The molecule has 0 heterocycles. The maximum absolute atomic E-state index is 5.43. The van der Waals surface area contributed by atoms with Gasteiger partial charge in [-0.1, -0.05) is 76.9 Å². The molecule has 3 N–H and O–H groups in total. The molecule has 0 atom stereocenters. The molecule has 22 heavy (non-hydrogen) atoms. The summed E-state index contributed by atoms with van der Waals surface area (Å²) in [5, 5.41) is 3.35. The summed E-state index contributed by atoms with van der Waals surface area (Å²) < 4.78 is 0. The van der Waals surface area contributed by atoms with Crippen molar-refractivity contribution in [3.63, 3.8) is 0 Å². The number of nitrogens with one attached hydrogen (secondary N) is 1. The normalized spacial score (nSPS) is 11.5. The summed E-state index contributed by atoms with van der Waals surface area (Å²) in [7, 11) is 0. The first-order chi connectivity index (χ1) is 10.9. The Morgan fingerprint density at radius 3 is 1.68 bits per heavy atom. The van der Waals surface area contributed by atoms with E-state index in [2.05, 4.69) is 24.4 Å². The van der Waals surface area contributed by atoms with E-state index >= 15 is 0 Å². The minimum Gasteiger partial charge on any atom is -0.329 e. The van der Waals surface area contributed by atoms with Gasteiger partial charge in [-0.15, -0.1) is 0 Å². The molecule has 0 aromatic heterocycles. The van der Waals surface area contributed by atoms with E-state index < -0.39 is 0 Å². The molecule has 2 heteroatoms. The van der Waals surface area contributed by atoms with Crippen molar-refractivity contribution < 1.29 is 0 Å². The van der Waals surface area contributed by atoms with Crippen molar-refractivity contribution in [1.29, 1.82) is 0 Å². The highest BCUT2D eigenvalue weighted by atomic mass is 14.9. The van der Waals surface area contributed by atoms with Gasteiger partial charge in [0, 0.05) is 13.1 Å². The van der Waals surface area contributed by atoms with E-state index in [1.165, 1.54) is 89.9 Å². The van der Waals surface area contributed by atoms with Gasteiger partial charge in [-0.3, -0.25) is 0 Å². The molecule has 0 fully saturated rings. The number of allylic oxidation sites excluding steroid dienone is 2. The highest BCUT2D eigenvalue weighted by molar-refractivity contribution is 4.81. The van der Waals surface area contributed by atoms with Crippen molar-refractivity contribution in [2.24, 2.45) is 5.73 Å². The smallest absolute Gasteiger partial charge is 0.00745 e. The quantitative estimate of drug-likeness (QED) is 0.256. The molecular weight excluding hydrogens is 268 g/mol. The minimum atomic E-state index is 0.756. The van der Waals surface area contributed by atoms with Gasteiger partial charge in [0.05, 0.1) is 0 Å². The van der Waals surface area contributed by atoms with Gasteiger partial charge in [0.1, 0.15) is 0 Å². The van der Waals surface area contributed by atoms with Crippen LogP contribution in [0.3, 0.4) is 0 Å². The van der Waals surface area contributed by atoms with Crippen LogP contribution in [0.25, 0.3) is 0 Å². The van der Waals surface area contributed by atoms with Crippen LogP contribution >= 0.6 is 0 Å². The van der Waals surface area contributed by atoms with E-state index in [1.807, 2.05) is 0 Å². The fourth-order valence-corrected chi connectivity index (χ4v) is 2.72. The topological polar surface area (TPSA) is 38.0 Å². The van der Waals surface area contributed by atoms with Crippen LogP contribution in [0, 0.1) is 0 Å². The van der Waals surface area contributed by atoms with Gasteiger partial charge in [0.15, 0.2) is 0 Å². The number of hydrogen-bond donors (Lipinski definition) is 2. The molecule has 0 spiro atoms. The first kappa shape index (κ1) is 21.7. The van der Waals surface area contributed by atoms with E-state index in [0.29, 0.717) is 0 Å². The number of hydrogen-bond acceptors (Lipinski definition) is 2. The Bertz CT molecular complexity index is 214. The second-order valence-electron chi connectivity index (χ2n) is 6.48. The zero-order valence-electron chi connectivity index (χ0n) is 15.3. The number of unbranched alkanes of at least 4 members (excludes halogenated alkanes) is 12. The van der Waals surface area contributed by atoms with Crippen LogP contribution in [0.4, 0.5) is 0 Å². The maximum atomic E-state index is 5.43. The predicted molar refractivity (Wildman–Crippen MR) is 101 cm³/mol. The fraction of sp³-hybridized carbons (Fsp3) is 0.900. The Hall–Kier alpha value is -0.340. The van der Waals surface area contributed by atoms with Crippen LogP contribution in [0.5, 0.6) is 0 Å². The molecule has 0 rings (SSSR count). The number of nitrogens with two attached hydrogens (primary N) is 1. The molecule has 0 unspecified atom stereocenters. The highest BCUT2D eigenvalue weighted by Crippen LogP contribution is 2.09. The third-order valence-electron chi connectivity index (χ3n) is 4.19. The van der Waals surface area contributed by atoms with Crippen molar-refractivity contribution in [2.45, 2.75) is 96.8 Å². The highest BCUT2D eigenvalue weighted by Gasteiger charge is 1.91. The van der Waals surface area contributed by atoms with Crippen LogP contribution < -0.4 is 11.1 Å². The molecule has 0 amide bonds. The van der Waals surface area contributed by atoms with E-state index in [1.54, 1.807) is 0 Å². The van der Waals surface area contributed by atoms with Crippen molar-refractivity contribution in [3.8, 4) is 0 Å². The zero-order valence-corrected chi connectivity index (χ0v) is 15.3. The van der Waals surface area contributed by atoms with Crippen LogP contribution in [0.1, 0.15) is 96.8 Å². The average molecular weight is 311 g/mol. The van der Waals surface area contributed by atoms with E-state index in [9.17, 15) is 0 Å². The summed E-state index contributed by atoms with van der Waals surface area (Å²) >= 11 is 0. The summed E-state index contributed by atoms with van der Waals surface area (Å²) in [6.07, 6.45) is 24.1. The molecule has 0 aliphatic rings. The van der Waals surface area contributed by atoms with E-state index in [-0.39, 0.29) is 0 Å². The number of rotatable bonds is 18. The van der Waals surface area contributed by atoms with E-state index in [4.69, 9.17) is 5.73 Å². The van der Waals surface area contributed by atoms with Gasteiger partial charge < -0.3 is 11.1 Å². The molecule has 0 aromatic rings. The Kier molecular flexibility index (Phi) is 20.3. The monoisotopic (exact) mass is 310 g/mol. The van der Waals surface area contributed by atoms with Crippen LogP contribution in [0.15, 0.2) is 12.2 Å². The third-order valence-corrected chi connectivity index (χ3v) is 4.19. The first-order valence-corrected chi connectivity index (χ1v) is 9.97. The molecule has 2 nitrogen and oxygen atoms in total. The molecule has 0 aliphatic heterocycles. The van der Waals surface area contributed by atoms with Crippen molar-refractivity contribution in [2.75, 3.05) is 19.6 Å². The molecule has 0 radical (unpaired) electrons. The lowest BCUT2D eigenvalue weighted by Crippen LogP contribution is -2.23. The van der Waals surface area contributed by atoms with Gasteiger partial charge in [-0.2, -0.15) is 0 Å². The molecule has 0 saturated carbocycles. The SMILES string of the molecule is CCCCCCCC/C=C\CCCCCCCCNCCN. The van der Waals surface area contributed by atoms with Crippen LogP contribution in [-0.2, 0) is 0 Å². The summed E-state index contributed by atoms with van der Waals surface area (Å²) in [5.74, 6) is 0. The minimum absolute atomic E-state index is 0.756. The summed E-state index contributed by atoms with van der Waals surface area (Å²) in [4.78, 5) is 0. The van der Waals surface area contributed by atoms with Gasteiger partial charge in [-0.05, 0) is 38.6 Å². The van der Waals surface area contributed by atoms with E-state index in [0.717, 1.165) is 19.6 Å². The molecule has 132 valence electrons. The van der Waals surface area contributed by atoms with Gasteiger partial charge in [0.25, 0.3) is 0 Å². The van der Waals surface area contributed by atoms with Gasteiger partial charge in [0.2, 0.25) is 0 Å². The average Bonchev–Trinajstić information content (AvgIpc) is 2.54. The Balaban J connectivity index is 3.02. The lowest BCUT2D eigenvalue weighted by Gasteiger charge is -2.03. The first-order valence-electron chi connectivity index (χ1n) is 9.97.